The zero-order chi connectivity index (χ0) is 14.8. The zero-order valence-corrected chi connectivity index (χ0v) is 11.6. The average molecular weight is 281 g/mol. The van der Waals surface area contributed by atoms with Gasteiger partial charge >= 0.3 is 0 Å². The second kappa shape index (κ2) is 5.28. The van der Waals surface area contributed by atoms with Crippen molar-refractivity contribution in [2.24, 2.45) is 0 Å². The van der Waals surface area contributed by atoms with Crippen molar-refractivity contribution in [3.8, 4) is 5.75 Å². The third-order valence-corrected chi connectivity index (χ3v) is 3.41. The molecule has 21 heavy (non-hydrogen) atoms. The fourth-order valence-electron chi connectivity index (χ4n) is 2.30. The molecule has 0 aliphatic carbocycles. The van der Waals surface area contributed by atoms with Crippen molar-refractivity contribution in [1.29, 1.82) is 0 Å². The van der Waals surface area contributed by atoms with E-state index in [0.29, 0.717) is 12.1 Å². The Balaban J connectivity index is 1.84. The molecule has 1 aromatic heterocycles. The Bertz CT molecular complexity index is 778. The molecule has 1 amide bonds. The molecule has 0 atom stereocenters. The van der Waals surface area contributed by atoms with Gasteiger partial charge in [0.2, 0.25) is 0 Å². The summed E-state index contributed by atoms with van der Waals surface area (Å²) in [5.74, 6) is 0.146. The molecule has 0 bridgehead atoms. The maximum absolute atomic E-state index is 12.6. The molecule has 5 nitrogen and oxygen atoms in total. The number of nitrogens with one attached hydrogen (secondary N) is 1. The number of carbonyl (C=O) groups is 1. The number of carbonyl (C=O) groups excluding carboxylic acids is 1. The third kappa shape index (κ3) is 2.58. The quantitative estimate of drug-likeness (QED) is 0.775. The van der Waals surface area contributed by atoms with Crippen LogP contribution < -0.4 is 0 Å². The summed E-state index contributed by atoms with van der Waals surface area (Å²) >= 11 is 0. The number of aromatic amines is 1. The van der Waals surface area contributed by atoms with Gasteiger partial charge in [-0.1, -0.05) is 24.3 Å². The Morgan fingerprint density at radius 2 is 2.00 bits per heavy atom. The molecule has 0 saturated carbocycles. The summed E-state index contributed by atoms with van der Waals surface area (Å²) in [5.41, 5.74) is 2.31. The van der Waals surface area contributed by atoms with E-state index in [4.69, 9.17) is 0 Å². The number of benzene rings is 2. The van der Waals surface area contributed by atoms with Crippen molar-refractivity contribution in [1.82, 2.24) is 15.1 Å². The Morgan fingerprint density at radius 3 is 2.76 bits per heavy atom. The van der Waals surface area contributed by atoms with Crippen molar-refractivity contribution in [2.75, 3.05) is 7.05 Å². The molecular weight excluding hydrogens is 266 g/mol. The Morgan fingerprint density at radius 1 is 1.24 bits per heavy atom. The van der Waals surface area contributed by atoms with E-state index in [1.165, 1.54) is 0 Å². The minimum atomic E-state index is -0.0714. The van der Waals surface area contributed by atoms with Gasteiger partial charge in [0.1, 0.15) is 5.75 Å². The predicted molar refractivity (Wildman–Crippen MR) is 80.0 cm³/mol. The van der Waals surface area contributed by atoms with Gasteiger partial charge in [-0.05, 0) is 23.8 Å². The summed E-state index contributed by atoms with van der Waals surface area (Å²) in [7, 11) is 1.75. The molecule has 0 aliphatic heterocycles. The summed E-state index contributed by atoms with van der Waals surface area (Å²) in [4.78, 5) is 14.2. The summed E-state index contributed by atoms with van der Waals surface area (Å²) < 4.78 is 0. The van der Waals surface area contributed by atoms with Gasteiger partial charge in [0.15, 0.2) is 0 Å². The number of phenols is 1. The van der Waals surface area contributed by atoms with Crippen LogP contribution in [0.3, 0.4) is 0 Å². The summed E-state index contributed by atoms with van der Waals surface area (Å²) in [6, 6.07) is 12.4. The van der Waals surface area contributed by atoms with E-state index in [0.717, 1.165) is 16.5 Å². The second-order valence-corrected chi connectivity index (χ2v) is 4.97. The number of phenolic OH excluding ortho intramolecular Hbond substituents is 1. The number of amides is 1. The van der Waals surface area contributed by atoms with Gasteiger partial charge in [-0.15, -0.1) is 0 Å². The monoisotopic (exact) mass is 281 g/mol. The number of hydrogen-bond donors (Lipinski definition) is 2. The van der Waals surface area contributed by atoms with Crippen molar-refractivity contribution < 1.29 is 9.90 Å². The van der Waals surface area contributed by atoms with E-state index in [9.17, 15) is 9.90 Å². The van der Waals surface area contributed by atoms with E-state index in [2.05, 4.69) is 10.2 Å². The van der Waals surface area contributed by atoms with Crippen LogP contribution in [0.1, 0.15) is 15.9 Å². The molecule has 0 spiro atoms. The highest BCUT2D eigenvalue weighted by molar-refractivity contribution is 6.05. The first-order valence-electron chi connectivity index (χ1n) is 6.60. The van der Waals surface area contributed by atoms with Gasteiger partial charge < -0.3 is 10.0 Å². The van der Waals surface area contributed by atoms with Gasteiger partial charge in [-0.3, -0.25) is 9.89 Å². The van der Waals surface area contributed by atoms with E-state index in [1.807, 2.05) is 12.1 Å². The summed E-state index contributed by atoms with van der Waals surface area (Å²) in [6.45, 7) is 0.476. The first-order valence-corrected chi connectivity index (χ1v) is 6.60. The maximum atomic E-state index is 12.6. The highest BCUT2D eigenvalue weighted by atomic mass is 16.3. The number of aromatic hydroxyl groups is 1. The molecule has 5 heteroatoms. The van der Waals surface area contributed by atoms with Crippen molar-refractivity contribution in [2.45, 2.75) is 6.54 Å². The van der Waals surface area contributed by atoms with Gasteiger partial charge in [0.25, 0.3) is 5.91 Å². The standard InChI is InChI=1S/C16H15N3O2/c1-19(10-11-5-7-13(20)8-6-11)16(21)14-4-2-3-12-9-17-18-15(12)14/h2-9,20H,10H2,1H3,(H,17,18). The van der Waals surface area contributed by atoms with Gasteiger partial charge in [0.05, 0.1) is 17.3 Å². The lowest BCUT2D eigenvalue weighted by Gasteiger charge is -2.17. The van der Waals surface area contributed by atoms with E-state index < -0.39 is 0 Å². The number of H-pyrrole nitrogens is 1. The van der Waals surface area contributed by atoms with Crippen LogP contribution in [0.15, 0.2) is 48.7 Å². The van der Waals surface area contributed by atoms with E-state index in [1.54, 1.807) is 48.5 Å². The van der Waals surface area contributed by atoms with Gasteiger partial charge in [-0.2, -0.15) is 5.10 Å². The first-order chi connectivity index (χ1) is 10.1. The highest BCUT2D eigenvalue weighted by Gasteiger charge is 2.15. The van der Waals surface area contributed by atoms with Gasteiger partial charge in [0, 0.05) is 19.0 Å². The second-order valence-electron chi connectivity index (χ2n) is 4.97. The van der Waals surface area contributed by atoms with E-state index in [-0.39, 0.29) is 11.7 Å². The normalized spacial score (nSPS) is 10.7. The van der Waals surface area contributed by atoms with Crippen LogP contribution in [-0.4, -0.2) is 33.2 Å². The lowest BCUT2D eigenvalue weighted by Crippen LogP contribution is -2.26. The van der Waals surface area contributed by atoms with Crippen molar-refractivity contribution >= 4 is 16.8 Å². The van der Waals surface area contributed by atoms with E-state index >= 15 is 0 Å². The van der Waals surface area contributed by atoms with Crippen molar-refractivity contribution in [3.05, 3.63) is 59.8 Å². The van der Waals surface area contributed by atoms with Crippen LogP contribution in [0.25, 0.3) is 10.9 Å². The number of hydrogen-bond acceptors (Lipinski definition) is 3. The molecule has 0 unspecified atom stereocenters. The number of aromatic nitrogens is 2. The SMILES string of the molecule is CN(Cc1ccc(O)cc1)C(=O)c1cccc2cn[nH]c12. The molecule has 106 valence electrons. The first kappa shape index (κ1) is 13.2. The summed E-state index contributed by atoms with van der Waals surface area (Å²) in [6.07, 6.45) is 1.70. The molecule has 0 radical (unpaired) electrons. The number of fused-ring (bicyclic) bond motifs is 1. The minimum Gasteiger partial charge on any atom is -0.508 e. The topological polar surface area (TPSA) is 69.2 Å². The van der Waals surface area contributed by atoms with Crippen LogP contribution in [0, 0.1) is 0 Å². The van der Waals surface area contributed by atoms with Crippen LogP contribution in [0.2, 0.25) is 0 Å². The number of rotatable bonds is 3. The smallest absolute Gasteiger partial charge is 0.256 e. The zero-order valence-electron chi connectivity index (χ0n) is 11.6. The maximum Gasteiger partial charge on any atom is 0.256 e. The Kier molecular flexibility index (Phi) is 3.31. The fraction of sp³-hybridized carbons (Fsp3) is 0.125. The van der Waals surface area contributed by atoms with Gasteiger partial charge in [-0.25, -0.2) is 0 Å². The molecule has 3 rings (SSSR count). The number of nitrogens with zero attached hydrogens (tertiary/aromatic N) is 2. The molecule has 0 fully saturated rings. The van der Waals surface area contributed by atoms with Crippen LogP contribution in [0.5, 0.6) is 5.75 Å². The lowest BCUT2D eigenvalue weighted by atomic mass is 10.1. The molecule has 0 aliphatic rings. The Hall–Kier alpha value is -2.82. The molecular formula is C16H15N3O2. The molecule has 2 N–H and O–H groups in total. The molecule has 1 heterocycles. The fourth-order valence-corrected chi connectivity index (χ4v) is 2.30. The van der Waals surface area contributed by atoms with Crippen molar-refractivity contribution in [3.63, 3.8) is 0 Å². The average Bonchev–Trinajstić information content (AvgIpc) is 2.97. The van der Waals surface area contributed by atoms with Crippen LogP contribution in [-0.2, 0) is 6.54 Å². The number of para-hydroxylation sites is 1. The summed E-state index contributed by atoms with van der Waals surface area (Å²) in [5, 5.41) is 17.0. The highest BCUT2D eigenvalue weighted by Crippen LogP contribution is 2.18. The van der Waals surface area contributed by atoms with Crippen LogP contribution >= 0.6 is 0 Å². The Labute approximate surface area is 121 Å². The molecule has 0 saturated heterocycles. The molecule has 3 aromatic rings. The minimum absolute atomic E-state index is 0.0714. The molecule has 2 aromatic carbocycles. The lowest BCUT2D eigenvalue weighted by molar-refractivity contribution is 0.0787. The predicted octanol–water partition coefficient (Wildman–Crippen LogP) is 2.54. The largest absolute Gasteiger partial charge is 0.508 e. The van der Waals surface area contributed by atoms with Crippen LogP contribution in [0.4, 0.5) is 0 Å². The third-order valence-electron chi connectivity index (χ3n) is 3.41.